The van der Waals surface area contributed by atoms with Crippen molar-refractivity contribution in [2.24, 2.45) is 0 Å². The van der Waals surface area contributed by atoms with Gasteiger partial charge in [-0.25, -0.2) is 15.3 Å². The second-order valence-corrected chi connectivity index (χ2v) is 6.29. The number of nitrogens with zero attached hydrogens (tertiary/aromatic N) is 2. The van der Waals surface area contributed by atoms with Crippen LogP contribution in [0.2, 0.25) is 0 Å². The summed E-state index contributed by atoms with van der Waals surface area (Å²) in [6, 6.07) is 6.88. The second-order valence-electron chi connectivity index (χ2n) is 6.29. The van der Waals surface area contributed by atoms with Gasteiger partial charge in [0, 0.05) is 12.4 Å². The lowest BCUT2D eigenvalue weighted by Crippen LogP contribution is -2.46. The highest BCUT2D eigenvalue weighted by Gasteiger charge is 2.20. The number of carbonyl (C=O) groups is 2. The van der Waals surface area contributed by atoms with Gasteiger partial charge in [-0.3, -0.25) is 14.6 Å². The molecule has 0 aliphatic carbocycles. The van der Waals surface area contributed by atoms with Crippen molar-refractivity contribution < 1.29 is 14.3 Å². The molecule has 1 aromatic heterocycles. The molecule has 0 fully saturated rings. The summed E-state index contributed by atoms with van der Waals surface area (Å²) < 4.78 is 5.09. The standard InChI is InChI=1S/C16H20N4O4/c1-16(2,3)24-15(23)19-20(4)13(21)9-12-10-7-5-6-8-11(10)14(22)18-17-12/h5-8H,9H2,1-4H3,(H,18,22)(H,19,23). The second kappa shape index (κ2) is 6.69. The molecule has 2 aromatic rings. The highest BCUT2D eigenvalue weighted by molar-refractivity contribution is 5.88. The van der Waals surface area contributed by atoms with Crippen molar-refractivity contribution in [3.05, 3.63) is 40.3 Å². The largest absolute Gasteiger partial charge is 0.443 e. The Kier molecular flexibility index (Phi) is 4.87. The molecule has 0 aliphatic heterocycles. The topological polar surface area (TPSA) is 104 Å². The van der Waals surface area contributed by atoms with E-state index in [1.54, 1.807) is 45.0 Å². The number of hydrogen-bond acceptors (Lipinski definition) is 5. The van der Waals surface area contributed by atoms with Gasteiger partial charge in [0.15, 0.2) is 0 Å². The molecular formula is C16H20N4O4. The Bertz CT molecular complexity index is 823. The first kappa shape index (κ1) is 17.5. The molecule has 1 aromatic carbocycles. The fourth-order valence-electron chi connectivity index (χ4n) is 2.07. The Balaban J connectivity index is 2.11. The van der Waals surface area contributed by atoms with Crippen LogP contribution in [0.15, 0.2) is 29.1 Å². The maximum absolute atomic E-state index is 12.3. The number of H-pyrrole nitrogens is 1. The summed E-state index contributed by atoms with van der Waals surface area (Å²) in [7, 11) is 1.42. The molecular weight excluding hydrogens is 312 g/mol. The summed E-state index contributed by atoms with van der Waals surface area (Å²) in [4.78, 5) is 35.7. The zero-order valence-electron chi connectivity index (χ0n) is 14.0. The molecule has 8 nitrogen and oxygen atoms in total. The van der Waals surface area contributed by atoms with Crippen LogP contribution in [0.1, 0.15) is 26.5 Å². The lowest BCUT2D eigenvalue weighted by atomic mass is 10.1. The van der Waals surface area contributed by atoms with Gasteiger partial charge in [0.05, 0.1) is 17.5 Å². The number of hydrazine groups is 1. The molecule has 0 bridgehead atoms. The number of likely N-dealkylation sites (N-methyl/N-ethyl adjacent to an activating group) is 1. The SMILES string of the molecule is CN(NC(=O)OC(C)(C)C)C(=O)Cc1n[nH]c(=O)c2ccccc12. The van der Waals surface area contributed by atoms with Gasteiger partial charge in [-0.05, 0) is 26.8 Å². The predicted octanol–water partition coefficient (Wildman–Crippen LogP) is 1.36. The monoisotopic (exact) mass is 332 g/mol. The molecule has 128 valence electrons. The third-order valence-electron chi connectivity index (χ3n) is 3.13. The van der Waals surface area contributed by atoms with E-state index in [-0.39, 0.29) is 12.0 Å². The van der Waals surface area contributed by atoms with Gasteiger partial charge in [0.2, 0.25) is 5.91 Å². The average molecular weight is 332 g/mol. The molecule has 0 unspecified atom stereocenters. The fraction of sp³-hybridized carbons (Fsp3) is 0.375. The van der Waals surface area contributed by atoms with Crippen LogP contribution in [0, 0.1) is 0 Å². The van der Waals surface area contributed by atoms with Crippen LogP contribution < -0.4 is 11.0 Å². The first-order valence-electron chi connectivity index (χ1n) is 7.40. The maximum atomic E-state index is 12.3. The van der Waals surface area contributed by atoms with Crippen LogP contribution in [0.5, 0.6) is 0 Å². The smallest absolute Gasteiger partial charge is 0.426 e. The van der Waals surface area contributed by atoms with Crippen molar-refractivity contribution in [2.75, 3.05) is 7.05 Å². The highest BCUT2D eigenvalue weighted by atomic mass is 16.6. The molecule has 0 saturated carbocycles. The summed E-state index contributed by atoms with van der Waals surface area (Å²) in [5.74, 6) is -0.398. The van der Waals surface area contributed by atoms with E-state index in [0.717, 1.165) is 5.01 Å². The molecule has 0 saturated heterocycles. The molecule has 24 heavy (non-hydrogen) atoms. The van der Waals surface area contributed by atoms with Gasteiger partial charge in [-0.2, -0.15) is 5.10 Å². The van der Waals surface area contributed by atoms with Crippen LogP contribution >= 0.6 is 0 Å². The Morgan fingerprint density at radius 3 is 2.50 bits per heavy atom. The lowest BCUT2D eigenvalue weighted by Gasteiger charge is -2.23. The zero-order valence-corrected chi connectivity index (χ0v) is 14.0. The van der Waals surface area contributed by atoms with Crippen molar-refractivity contribution in [3.63, 3.8) is 0 Å². The van der Waals surface area contributed by atoms with E-state index in [2.05, 4.69) is 15.6 Å². The predicted molar refractivity (Wildman–Crippen MR) is 88.2 cm³/mol. The lowest BCUT2D eigenvalue weighted by molar-refractivity contribution is -0.132. The molecule has 1 heterocycles. The van der Waals surface area contributed by atoms with Crippen LogP contribution in [0.25, 0.3) is 10.8 Å². The van der Waals surface area contributed by atoms with E-state index in [9.17, 15) is 14.4 Å². The Hall–Kier alpha value is -2.90. The minimum absolute atomic E-state index is 0.0798. The van der Waals surface area contributed by atoms with Gasteiger partial charge in [0.1, 0.15) is 5.60 Å². The van der Waals surface area contributed by atoms with Crippen molar-refractivity contribution in [1.29, 1.82) is 0 Å². The third kappa shape index (κ3) is 4.31. The van der Waals surface area contributed by atoms with Crippen LogP contribution in [-0.2, 0) is 16.0 Å². The quantitative estimate of drug-likeness (QED) is 0.808. The van der Waals surface area contributed by atoms with Crippen molar-refractivity contribution in [1.82, 2.24) is 20.6 Å². The molecule has 0 aliphatic rings. The van der Waals surface area contributed by atoms with Crippen molar-refractivity contribution >= 4 is 22.8 Å². The van der Waals surface area contributed by atoms with Gasteiger partial charge < -0.3 is 4.74 Å². The van der Waals surface area contributed by atoms with E-state index in [1.165, 1.54) is 7.05 Å². The summed E-state index contributed by atoms with van der Waals surface area (Å²) in [6.45, 7) is 5.18. The summed E-state index contributed by atoms with van der Waals surface area (Å²) >= 11 is 0. The summed E-state index contributed by atoms with van der Waals surface area (Å²) in [6.07, 6.45) is -0.804. The molecule has 2 N–H and O–H groups in total. The van der Waals surface area contributed by atoms with Gasteiger partial charge in [-0.15, -0.1) is 0 Å². The summed E-state index contributed by atoms with van der Waals surface area (Å²) in [5.41, 5.74) is 1.78. The van der Waals surface area contributed by atoms with Crippen LogP contribution in [0.4, 0.5) is 4.79 Å². The van der Waals surface area contributed by atoms with Crippen molar-refractivity contribution in [3.8, 4) is 0 Å². The molecule has 8 heteroatoms. The van der Waals surface area contributed by atoms with Gasteiger partial charge in [0.25, 0.3) is 5.56 Å². The number of hydrogen-bond donors (Lipinski definition) is 2. The number of fused-ring (bicyclic) bond motifs is 1. The first-order chi connectivity index (χ1) is 11.2. The van der Waals surface area contributed by atoms with Gasteiger partial charge >= 0.3 is 6.09 Å². The fourth-order valence-corrected chi connectivity index (χ4v) is 2.07. The minimum Gasteiger partial charge on any atom is -0.443 e. The maximum Gasteiger partial charge on any atom is 0.426 e. The molecule has 0 spiro atoms. The normalized spacial score (nSPS) is 11.2. The number of amides is 2. The number of ether oxygens (including phenoxy) is 1. The van der Waals surface area contributed by atoms with E-state index >= 15 is 0 Å². The molecule has 0 radical (unpaired) electrons. The van der Waals surface area contributed by atoms with Crippen molar-refractivity contribution in [2.45, 2.75) is 32.8 Å². The Morgan fingerprint density at radius 2 is 1.88 bits per heavy atom. The molecule has 2 rings (SSSR count). The number of aromatic nitrogens is 2. The molecule has 0 atom stereocenters. The molecule has 2 amide bonds. The van der Waals surface area contributed by atoms with Gasteiger partial charge in [-0.1, -0.05) is 18.2 Å². The van der Waals surface area contributed by atoms with Crippen LogP contribution in [0.3, 0.4) is 0 Å². The van der Waals surface area contributed by atoms with E-state index in [0.29, 0.717) is 16.5 Å². The van der Waals surface area contributed by atoms with E-state index in [4.69, 9.17) is 4.74 Å². The van der Waals surface area contributed by atoms with Crippen LogP contribution in [-0.4, -0.2) is 39.9 Å². The Labute approximate surface area is 138 Å². The van der Waals surface area contributed by atoms with E-state index in [1.807, 2.05) is 0 Å². The number of rotatable bonds is 2. The number of benzene rings is 1. The first-order valence-corrected chi connectivity index (χ1v) is 7.40. The highest BCUT2D eigenvalue weighted by Crippen LogP contribution is 2.13. The zero-order chi connectivity index (χ0) is 17.9. The summed E-state index contributed by atoms with van der Waals surface area (Å²) in [5, 5.41) is 8.40. The number of aromatic amines is 1. The number of carbonyl (C=O) groups excluding carboxylic acids is 2. The average Bonchev–Trinajstić information content (AvgIpc) is 2.48. The third-order valence-corrected chi connectivity index (χ3v) is 3.13. The van der Waals surface area contributed by atoms with E-state index < -0.39 is 17.6 Å². The Morgan fingerprint density at radius 1 is 1.25 bits per heavy atom. The minimum atomic E-state index is -0.724. The number of nitrogens with one attached hydrogen (secondary N) is 2.